The van der Waals surface area contributed by atoms with Crippen LogP contribution in [0.4, 0.5) is 8.78 Å². The van der Waals surface area contributed by atoms with Crippen molar-refractivity contribution >= 4 is 15.9 Å². The highest BCUT2D eigenvalue weighted by Crippen LogP contribution is 2.29. The largest absolute Gasteiger partial charge is 0.497 e. The van der Waals surface area contributed by atoms with Crippen LogP contribution in [-0.4, -0.2) is 7.11 Å². The van der Waals surface area contributed by atoms with Crippen LogP contribution >= 0.6 is 15.9 Å². The molecule has 0 saturated carbocycles. The predicted octanol–water partition coefficient (Wildman–Crippen LogP) is 3.98. The smallest absolute Gasteiger partial charge is 0.126 e. The van der Waals surface area contributed by atoms with Gasteiger partial charge in [-0.3, -0.25) is 0 Å². The molecule has 0 aliphatic rings. The van der Waals surface area contributed by atoms with Crippen molar-refractivity contribution in [2.24, 2.45) is 5.73 Å². The van der Waals surface area contributed by atoms with Crippen LogP contribution in [0.3, 0.4) is 0 Å². The highest BCUT2D eigenvalue weighted by molar-refractivity contribution is 9.10. The molecule has 0 fully saturated rings. The summed E-state index contributed by atoms with van der Waals surface area (Å²) < 4.78 is 32.7. The van der Waals surface area contributed by atoms with Gasteiger partial charge in [-0.15, -0.1) is 0 Å². The first-order valence-corrected chi connectivity index (χ1v) is 6.83. The van der Waals surface area contributed by atoms with E-state index in [-0.39, 0.29) is 12.0 Å². The summed E-state index contributed by atoms with van der Waals surface area (Å²) in [4.78, 5) is 0. The average molecular weight is 342 g/mol. The standard InChI is InChI=1S/C15H14BrF2NO/c1-20-11-3-4-13(16)12(8-11)15(19)7-9-6-10(17)2-5-14(9)18/h2-6,8,15H,7,19H2,1H3. The molecule has 0 saturated heterocycles. The molecule has 5 heteroatoms. The van der Waals surface area contributed by atoms with Gasteiger partial charge in [0.25, 0.3) is 0 Å². The number of hydrogen-bond acceptors (Lipinski definition) is 2. The lowest BCUT2D eigenvalue weighted by atomic mass is 9.99. The summed E-state index contributed by atoms with van der Waals surface area (Å²) in [6.07, 6.45) is 0.204. The topological polar surface area (TPSA) is 35.2 Å². The fraction of sp³-hybridized carbons (Fsp3) is 0.200. The molecule has 0 bridgehead atoms. The molecule has 0 aromatic heterocycles. The molecule has 0 amide bonds. The van der Waals surface area contributed by atoms with Crippen LogP contribution in [0.25, 0.3) is 0 Å². The van der Waals surface area contributed by atoms with E-state index in [1.165, 1.54) is 6.07 Å². The maximum absolute atomic E-state index is 13.6. The Morgan fingerprint density at radius 1 is 1.20 bits per heavy atom. The third-order valence-corrected chi connectivity index (χ3v) is 3.77. The molecule has 2 nitrogen and oxygen atoms in total. The Hall–Kier alpha value is -1.46. The summed E-state index contributed by atoms with van der Waals surface area (Å²) >= 11 is 3.40. The Bertz CT molecular complexity index is 619. The lowest BCUT2D eigenvalue weighted by Gasteiger charge is -2.15. The summed E-state index contributed by atoms with van der Waals surface area (Å²) in [6, 6.07) is 8.30. The number of halogens is 3. The van der Waals surface area contributed by atoms with Gasteiger partial charge in [-0.25, -0.2) is 8.78 Å². The highest BCUT2D eigenvalue weighted by Gasteiger charge is 2.14. The Morgan fingerprint density at radius 3 is 2.65 bits per heavy atom. The lowest BCUT2D eigenvalue weighted by molar-refractivity contribution is 0.413. The maximum Gasteiger partial charge on any atom is 0.126 e. The van der Waals surface area contributed by atoms with Crippen LogP contribution < -0.4 is 10.5 Å². The molecule has 2 N–H and O–H groups in total. The Kier molecular flexibility index (Phi) is 4.73. The van der Waals surface area contributed by atoms with Gasteiger partial charge in [0, 0.05) is 10.5 Å². The third-order valence-electron chi connectivity index (χ3n) is 3.05. The SMILES string of the molecule is COc1ccc(Br)c(C(N)Cc2cc(F)ccc2F)c1. The summed E-state index contributed by atoms with van der Waals surface area (Å²) in [5, 5.41) is 0. The molecule has 106 valence electrons. The van der Waals surface area contributed by atoms with Crippen molar-refractivity contribution in [3.8, 4) is 5.75 Å². The van der Waals surface area contributed by atoms with Crippen molar-refractivity contribution < 1.29 is 13.5 Å². The molecule has 2 rings (SSSR count). The van der Waals surface area contributed by atoms with E-state index < -0.39 is 17.7 Å². The number of rotatable bonds is 4. The molecule has 20 heavy (non-hydrogen) atoms. The molecular weight excluding hydrogens is 328 g/mol. The van der Waals surface area contributed by atoms with E-state index in [1.807, 2.05) is 6.07 Å². The lowest BCUT2D eigenvalue weighted by Crippen LogP contribution is -2.15. The normalized spacial score (nSPS) is 12.2. The van der Waals surface area contributed by atoms with Crippen LogP contribution in [0, 0.1) is 11.6 Å². The van der Waals surface area contributed by atoms with Gasteiger partial charge in [0.1, 0.15) is 17.4 Å². The number of ether oxygens (including phenoxy) is 1. The minimum Gasteiger partial charge on any atom is -0.497 e. The molecule has 0 spiro atoms. The first-order valence-electron chi connectivity index (χ1n) is 6.04. The molecule has 0 aliphatic carbocycles. The average Bonchev–Trinajstić information content (AvgIpc) is 2.43. The van der Waals surface area contributed by atoms with Crippen LogP contribution in [0.15, 0.2) is 40.9 Å². The first-order chi connectivity index (χ1) is 9.51. The van der Waals surface area contributed by atoms with Crippen molar-refractivity contribution in [3.05, 3.63) is 63.6 Å². The Balaban J connectivity index is 2.27. The van der Waals surface area contributed by atoms with E-state index >= 15 is 0 Å². The fourth-order valence-electron chi connectivity index (χ4n) is 1.98. The predicted molar refractivity (Wildman–Crippen MR) is 77.7 cm³/mol. The zero-order chi connectivity index (χ0) is 14.7. The van der Waals surface area contributed by atoms with Gasteiger partial charge < -0.3 is 10.5 Å². The molecule has 0 aliphatic heterocycles. The van der Waals surface area contributed by atoms with Crippen LogP contribution in [0.2, 0.25) is 0 Å². The second-order valence-corrected chi connectivity index (χ2v) is 5.29. The van der Waals surface area contributed by atoms with Gasteiger partial charge in [-0.2, -0.15) is 0 Å². The second-order valence-electron chi connectivity index (χ2n) is 4.43. The number of benzene rings is 2. The van der Waals surface area contributed by atoms with Gasteiger partial charge in [0.15, 0.2) is 0 Å². The Morgan fingerprint density at radius 2 is 1.95 bits per heavy atom. The Labute approximate surface area is 124 Å². The van der Waals surface area contributed by atoms with Gasteiger partial charge in [0.2, 0.25) is 0 Å². The fourth-order valence-corrected chi connectivity index (χ4v) is 2.52. The van der Waals surface area contributed by atoms with E-state index in [1.54, 1.807) is 19.2 Å². The maximum atomic E-state index is 13.6. The van der Waals surface area contributed by atoms with Gasteiger partial charge in [0.05, 0.1) is 7.11 Å². The molecule has 1 atom stereocenters. The summed E-state index contributed by atoms with van der Waals surface area (Å²) in [6.45, 7) is 0. The summed E-state index contributed by atoms with van der Waals surface area (Å²) in [5.41, 5.74) is 7.14. The van der Waals surface area contributed by atoms with E-state index in [0.717, 1.165) is 22.2 Å². The third kappa shape index (κ3) is 3.35. The summed E-state index contributed by atoms with van der Waals surface area (Å²) in [7, 11) is 1.56. The highest BCUT2D eigenvalue weighted by atomic mass is 79.9. The molecule has 1 unspecified atom stereocenters. The van der Waals surface area contributed by atoms with Crippen molar-refractivity contribution in [2.75, 3.05) is 7.11 Å². The number of hydrogen-bond donors (Lipinski definition) is 1. The van der Waals surface area contributed by atoms with E-state index in [0.29, 0.717) is 5.75 Å². The molecule has 2 aromatic carbocycles. The zero-order valence-corrected chi connectivity index (χ0v) is 12.5. The van der Waals surface area contributed by atoms with Crippen molar-refractivity contribution in [3.63, 3.8) is 0 Å². The molecule has 0 heterocycles. The molecular formula is C15H14BrF2NO. The van der Waals surface area contributed by atoms with Gasteiger partial charge in [-0.05, 0) is 53.9 Å². The van der Waals surface area contributed by atoms with Crippen molar-refractivity contribution in [1.29, 1.82) is 0 Å². The molecule has 2 aromatic rings. The van der Waals surface area contributed by atoms with Crippen LogP contribution in [0.5, 0.6) is 5.75 Å². The van der Waals surface area contributed by atoms with E-state index in [9.17, 15) is 8.78 Å². The number of nitrogens with two attached hydrogens (primary N) is 1. The van der Waals surface area contributed by atoms with Crippen molar-refractivity contribution in [1.82, 2.24) is 0 Å². The van der Waals surface area contributed by atoms with E-state index in [2.05, 4.69) is 15.9 Å². The quantitative estimate of drug-likeness (QED) is 0.912. The van der Waals surface area contributed by atoms with Gasteiger partial charge in [-0.1, -0.05) is 15.9 Å². The van der Waals surface area contributed by atoms with Crippen LogP contribution in [-0.2, 0) is 6.42 Å². The monoisotopic (exact) mass is 341 g/mol. The number of methoxy groups -OCH3 is 1. The minimum absolute atomic E-state index is 0.204. The minimum atomic E-state index is -0.474. The second kappa shape index (κ2) is 6.33. The summed E-state index contributed by atoms with van der Waals surface area (Å²) in [5.74, 6) is -0.266. The van der Waals surface area contributed by atoms with E-state index in [4.69, 9.17) is 10.5 Å². The van der Waals surface area contributed by atoms with Crippen LogP contribution in [0.1, 0.15) is 17.2 Å². The van der Waals surface area contributed by atoms with Crippen molar-refractivity contribution in [2.45, 2.75) is 12.5 Å². The zero-order valence-electron chi connectivity index (χ0n) is 10.9. The molecule has 0 radical (unpaired) electrons. The first kappa shape index (κ1) is 14.9. The van der Waals surface area contributed by atoms with Gasteiger partial charge >= 0.3 is 0 Å².